The van der Waals surface area contributed by atoms with E-state index in [0.29, 0.717) is 29.2 Å². The molecule has 0 fully saturated rings. The monoisotopic (exact) mass is 373 g/mol. The summed E-state index contributed by atoms with van der Waals surface area (Å²) in [6, 6.07) is 11.0. The summed E-state index contributed by atoms with van der Waals surface area (Å²) in [6.45, 7) is 0. The summed E-state index contributed by atoms with van der Waals surface area (Å²) < 4.78 is 15.9. The molecule has 27 heavy (non-hydrogen) atoms. The third-order valence-corrected chi connectivity index (χ3v) is 4.05. The fourth-order valence-corrected chi connectivity index (χ4v) is 2.70. The Balaban J connectivity index is 2.07. The lowest BCUT2D eigenvalue weighted by molar-refractivity contribution is -0.142. The molecular weight excluding hydrogens is 350 g/mol. The molecule has 0 aromatic heterocycles. The van der Waals surface area contributed by atoms with Crippen molar-refractivity contribution in [1.82, 2.24) is 5.32 Å². The quantitative estimate of drug-likeness (QED) is 0.702. The average Bonchev–Trinajstić information content (AvgIpc) is 2.69. The molecule has 2 aromatic carbocycles. The number of hydrogen-bond acceptors (Lipinski definition) is 5. The van der Waals surface area contributed by atoms with Gasteiger partial charge in [-0.1, -0.05) is 30.3 Å². The second-order valence-corrected chi connectivity index (χ2v) is 5.78. The fourth-order valence-electron chi connectivity index (χ4n) is 2.70. The molecule has 0 bridgehead atoms. The minimum Gasteiger partial charge on any atom is -0.493 e. The van der Waals surface area contributed by atoms with Crippen molar-refractivity contribution in [1.29, 1.82) is 0 Å². The molecule has 0 radical (unpaired) electrons. The Morgan fingerprint density at radius 1 is 1.00 bits per heavy atom. The number of benzene rings is 2. The van der Waals surface area contributed by atoms with Gasteiger partial charge in [0, 0.05) is 6.42 Å². The highest BCUT2D eigenvalue weighted by atomic mass is 16.5. The Hall–Kier alpha value is -3.22. The van der Waals surface area contributed by atoms with Crippen molar-refractivity contribution in [3.63, 3.8) is 0 Å². The van der Waals surface area contributed by atoms with Gasteiger partial charge in [-0.15, -0.1) is 0 Å². The molecule has 144 valence electrons. The molecule has 1 atom stereocenters. The van der Waals surface area contributed by atoms with E-state index in [1.54, 1.807) is 42.5 Å². The molecule has 0 aliphatic carbocycles. The molecular formula is C20H23NO6. The first-order chi connectivity index (χ1) is 13.0. The van der Waals surface area contributed by atoms with Crippen molar-refractivity contribution in [2.75, 3.05) is 21.3 Å². The smallest absolute Gasteiger partial charge is 0.330 e. The maximum Gasteiger partial charge on any atom is 0.330 e. The first kappa shape index (κ1) is 20.1. The average molecular weight is 373 g/mol. The van der Waals surface area contributed by atoms with Crippen LogP contribution in [0.15, 0.2) is 42.5 Å². The summed E-state index contributed by atoms with van der Waals surface area (Å²) in [5.74, 6) is 0.00507. The first-order valence-corrected chi connectivity index (χ1v) is 8.36. The van der Waals surface area contributed by atoms with Crippen molar-refractivity contribution >= 4 is 11.9 Å². The lowest BCUT2D eigenvalue weighted by Crippen LogP contribution is -2.33. The van der Waals surface area contributed by atoms with Crippen molar-refractivity contribution in [3.8, 4) is 17.2 Å². The van der Waals surface area contributed by atoms with Gasteiger partial charge in [0.25, 0.3) is 0 Å². The van der Waals surface area contributed by atoms with Crippen LogP contribution in [-0.2, 0) is 16.0 Å². The molecule has 7 nitrogen and oxygen atoms in total. The normalized spacial score (nSPS) is 11.4. The van der Waals surface area contributed by atoms with Crippen LogP contribution >= 0.6 is 0 Å². The summed E-state index contributed by atoms with van der Waals surface area (Å²) in [4.78, 5) is 23.8. The van der Waals surface area contributed by atoms with E-state index >= 15 is 0 Å². The van der Waals surface area contributed by atoms with Gasteiger partial charge in [-0.2, -0.15) is 0 Å². The largest absolute Gasteiger partial charge is 0.493 e. The molecule has 0 saturated heterocycles. The number of aliphatic carboxylic acids is 1. The van der Waals surface area contributed by atoms with E-state index < -0.39 is 12.0 Å². The van der Waals surface area contributed by atoms with E-state index in [1.165, 1.54) is 21.3 Å². The van der Waals surface area contributed by atoms with Crippen LogP contribution in [0.4, 0.5) is 0 Å². The summed E-state index contributed by atoms with van der Waals surface area (Å²) in [5.41, 5.74) is 1.33. The number of hydrogen-bond donors (Lipinski definition) is 2. The molecule has 0 heterocycles. The predicted molar refractivity (Wildman–Crippen MR) is 99.4 cm³/mol. The molecule has 2 N–H and O–H groups in total. The van der Waals surface area contributed by atoms with Crippen molar-refractivity contribution in [3.05, 3.63) is 53.6 Å². The number of carbonyl (C=O) groups excluding carboxylic acids is 1. The van der Waals surface area contributed by atoms with Crippen LogP contribution < -0.4 is 19.5 Å². The van der Waals surface area contributed by atoms with Crippen molar-refractivity contribution < 1.29 is 28.9 Å². The highest BCUT2D eigenvalue weighted by Gasteiger charge is 2.22. The predicted octanol–water partition coefficient (Wildman–Crippen LogP) is 2.59. The number of amides is 1. The van der Waals surface area contributed by atoms with E-state index in [1.807, 2.05) is 0 Å². The number of carbonyl (C=O) groups is 2. The molecule has 7 heteroatoms. The standard InChI is InChI=1S/C20H23NO6/c1-25-15-11-13(12-16(26-2)19(15)27-3)9-10-17(22)21-18(20(23)24)14-7-5-4-6-8-14/h4-8,11-12,18H,9-10H2,1-3H3,(H,21,22)(H,23,24). The van der Waals surface area contributed by atoms with E-state index in [2.05, 4.69) is 5.32 Å². The number of nitrogens with one attached hydrogen (secondary N) is 1. The Bertz CT molecular complexity index is 765. The van der Waals surface area contributed by atoms with Crippen LogP contribution in [0.2, 0.25) is 0 Å². The topological polar surface area (TPSA) is 94.1 Å². The van der Waals surface area contributed by atoms with Gasteiger partial charge in [0.05, 0.1) is 21.3 Å². The van der Waals surface area contributed by atoms with Crippen LogP contribution in [0.1, 0.15) is 23.6 Å². The van der Waals surface area contributed by atoms with Crippen LogP contribution in [0, 0.1) is 0 Å². The van der Waals surface area contributed by atoms with Crippen LogP contribution in [0.3, 0.4) is 0 Å². The Labute approximate surface area is 157 Å². The maximum atomic E-state index is 12.3. The van der Waals surface area contributed by atoms with Crippen LogP contribution in [0.5, 0.6) is 17.2 Å². The second-order valence-electron chi connectivity index (χ2n) is 5.78. The zero-order valence-electron chi connectivity index (χ0n) is 15.5. The van der Waals surface area contributed by atoms with Gasteiger partial charge in [-0.05, 0) is 29.7 Å². The second kappa shape index (κ2) is 9.47. The third kappa shape index (κ3) is 5.13. The van der Waals surface area contributed by atoms with Gasteiger partial charge < -0.3 is 24.6 Å². The molecule has 0 aliphatic heterocycles. The molecule has 2 aromatic rings. The first-order valence-electron chi connectivity index (χ1n) is 8.36. The summed E-state index contributed by atoms with van der Waals surface area (Å²) >= 11 is 0. The minimum atomic E-state index is -1.11. The van der Waals surface area contributed by atoms with Crippen LogP contribution in [0.25, 0.3) is 0 Å². The number of carboxylic acids is 1. The Kier molecular flexibility index (Phi) is 7.05. The highest BCUT2D eigenvalue weighted by molar-refractivity contribution is 5.84. The minimum absolute atomic E-state index is 0.120. The Morgan fingerprint density at radius 3 is 2.07 bits per heavy atom. The zero-order valence-corrected chi connectivity index (χ0v) is 15.5. The number of aryl methyl sites for hydroxylation is 1. The van der Waals surface area contributed by atoms with Gasteiger partial charge in [0.1, 0.15) is 0 Å². The lowest BCUT2D eigenvalue weighted by atomic mass is 10.1. The zero-order chi connectivity index (χ0) is 19.8. The highest BCUT2D eigenvalue weighted by Crippen LogP contribution is 2.38. The fraction of sp³-hybridized carbons (Fsp3) is 0.300. The molecule has 2 rings (SSSR count). The molecule has 0 aliphatic rings. The van der Waals surface area contributed by atoms with E-state index in [-0.39, 0.29) is 12.3 Å². The third-order valence-electron chi connectivity index (χ3n) is 4.05. The van der Waals surface area contributed by atoms with Gasteiger partial charge in [-0.25, -0.2) is 4.79 Å². The summed E-state index contributed by atoms with van der Waals surface area (Å²) in [7, 11) is 4.55. The van der Waals surface area contributed by atoms with Gasteiger partial charge in [-0.3, -0.25) is 4.79 Å². The number of ether oxygens (including phenoxy) is 3. The maximum absolute atomic E-state index is 12.3. The van der Waals surface area contributed by atoms with E-state index in [4.69, 9.17) is 14.2 Å². The number of rotatable bonds is 9. The SMILES string of the molecule is COc1cc(CCC(=O)NC(C(=O)O)c2ccccc2)cc(OC)c1OC. The van der Waals surface area contributed by atoms with E-state index in [0.717, 1.165) is 5.56 Å². The molecule has 1 amide bonds. The van der Waals surface area contributed by atoms with Gasteiger partial charge >= 0.3 is 5.97 Å². The Morgan fingerprint density at radius 2 is 1.59 bits per heavy atom. The summed E-state index contributed by atoms with van der Waals surface area (Å²) in [6.07, 6.45) is 0.513. The number of methoxy groups -OCH3 is 3. The molecule has 0 spiro atoms. The van der Waals surface area contributed by atoms with E-state index in [9.17, 15) is 14.7 Å². The van der Waals surface area contributed by atoms with Crippen molar-refractivity contribution in [2.45, 2.75) is 18.9 Å². The van der Waals surface area contributed by atoms with Crippen molar-refractivity contribution in [2.24, 2.45) is 0 Å². The van der Waals surface area contributed by atoms with Gasteiger partial charge in [0.2, 0.25) is 11.7 Å². The lowest BCUT2D eigenvalue weighted by Gasteiger charge is -2.16. The van der Waals surface area contributed by atoms with Crippen LogP contribution in [-0.4, -0.2) is 38.3 Å². The number of carboxylic acid groups (broad SMARTS) is 1. The molecule has 0 saturated carbocycles. The molecule has 1 unspecified atom stereocenters. The van der Waals surface area contributed by atoms with Gasteiger partial charge in [0.15, 0.2) is 17.5 Å². The summed E-state index contributed by atoms with van der Waals surface area (Å²) in [5, 5.41) is 12.0.